The van der Waals surface area contributed by atoms with Crippen molar-refractivity contribution in [2.45, 2.75) is 13.8 Å². The number of carbonyl (C=O) groups excluding carboxylic acids is 1. The SMILES string of the molecule is CCOP(=O)(CN1CSCC1=O)OCC. The number of carbonyl (C=O) groups is 1. The molecule has 1 amide bonds. The lowest BCUT2D eigenvalue weighted by Gasteiger charge is -2.22. The molecule has 1 aliphatic rings. The molecule has 0 aromatic heterocycles. The van der Waals surface area contributed by atoms with Crippen LogP contribution in [-0.4, -0.2) is 41.9 Å². The number of thioether (sulfide) groups is 1. The first-order valence-corrected chi connectivity index (χ1v) is 7.73. The molecule has 0 bridgehead atoms. The lowest BCUT2D eigenvalue weighted by molar-refractivity contribution is -0.126. The van der Waals surface area contributed by atoms with Crippen LogP contribution in [0.3, 0.4) is 0 Å². The Morgan fingerprint density at radius 2 is 2.00 bits per heavy atom. The van der Waals surface area contributed by atoms with Crippen molar-refractivity contribution in [1.82, 2.24) is 4.90 Å². The van der Waals surface area contributed by atoms with Gasteiger partial charge in [-0.3, -0.25) is 9.36 Å². The molecule has 1 heterocycles. The van der Waals surface area contributed by atoms with Gasteiger partial charge in [-0.25, -0.2) is 0 Å². The van der Waals surface area contributed by atoms with E-state index in [1.165, 1.54) is 16.7 Å². The standard InChI is InChI=1S/C8H16NO4PS/c1-3-12-14(11,13-4-2)6-9-7-15-5-8(9)10/h3-7H2,1-2H3. The number of amides is 1. The third-order valence-corrected chi connectivity index (χ3v) is 4.76. The van der Waals surface area contributed by atoms with Crippen LogP contribution in [0.5, 0.6) is 0 Å². The molecular weight excluding hydrogens is 237 g/mol. The average Bonchev–Trinajstić information content (AvgIpc) is 2.52. The van der Waals surface area contributed by atoms with Crippen molar-refractivity contribution in [2.75, 3.05) is 31.1 Å². The molecule has 15 heavy (non-hydrogen) atoms. The van der Waals surface area contributed by atoms with Crippen molar-refractivity contribution in [3.05, 3.63) is 0 Å². The zero-order valence-corrected chi connectivity index (χ0v) is 10.7. The van der Waals surface area contributed by atoms with Crippen molar-refractivity contribution >= 4 is 25.3 Å². The zero-order valence-electron chi connectivity index (χ0n) is 8.97. The van der Waals surface area contributed by atoms with Crippen LogP contribution in [0.15, 0.2) is 0 Å². The largest absolute Gasteiger partial charge is 0.349 e. The smallest absolute Gasteiger partial charge is 0.321 e. The topological polar surface area (TPSA) is 55.8 Å². The number of rotatable bonds is 6. The van der Waals surface area contributed by atoms with E-state index >= 15 is 0 Å². The second-order valence-corrected chi connectivity index (χ2v) is 5.98. The van der Waals surface area contributed by atoms with E-state index in [0.717, 1.165) is 0 Å². The Kier molecular flexibility index (Phi) is 5.12. The minimum absolute atomic E-state index is 0.000342. The molecule has 0 aliphatic carbocycles. The van der Waals surface area contributed by atoms with Gasteiger partial charge in [-0.15, -0.1) is 11.8 Å². The molecule has 0 spiro atoms. The summed E-state index contributed by atoms with van der Waals surface area (Å²) in [4.78, 5) is 12.9. The van der Waals surface area contributed by atoms with Gasteiger partial charge in [0.1, 0.15) is 6.29 Å². The van der Waals surface area contributed by atoms with Gasteiger partial charge < -0.3 is 13.9 Å². The summed E-state index contributed by atoms with van der Waals surface area (Å²) in [6, 6.07) is 0. The maximum Gasteiger partial charge on any atom is 0.349 e. The van der Waals surface area contributed by atoms with Crippen molar-refractivity contribution in [3.8, 4) is 0 Å². The Labute approximate surface area is 94.0 Å². The second-order valence-electron chi connectivity index (χ2n) is 3.00. The van der Waals surface area contributed by atoms with Crippen molar-refractivity contribution in [2.24, 2.45) is 0 Å². The first-order chi connectivity index (χ1) is 7.11. The van der Waals surface area contributed by atoms with E-state index in [0.29, 0.717) is 24.8 Å². The minimum atomic E-state index is -3.11. The van der Waals surface area contributed by atoms with Gasteiger partial charge >= 0.3 is 7.60 Å². The molecule has 1 fully saturated rings. The highest BCUT2D eigenvalue weighted by atomic mass is 32.2. The number of hydrogen-bond donors (Lipinski definition) is 0. The molecule has 1 saturated heterocycles. The van der Waals surface area contributed by atoms with Gasteiger partial charge in [0.25, 0.3) is 0 Å². The molecule has 88 valence electrons. The van der Waals surface area contributed by atoms with Gasteiger partial charge in [-0.1, -0.05) is 0 Å². The molecular formula is C8H16NO4PS. The van der Waals surface area contributed by atoms with E-state index in [1.54, 1.807) is 13.8 Å². The monoisotopic (exact) mass is 253 g/mol. The third kappa shape index (κ3) is 3.79. The lowest BCUT2D eigenvalue weighted by atomic mass is 10.6. The van der Waals surface area contributed by atoms with E-state index in [1.807, 2.05) is 0 Å². The Balaban J connectivity index is 2.57. The highest BCUT2D eigenvalue weighted by Gasteiger charge is 2.32. The zero-order chi connectivity index (χ0) is 11.3. The first kappa shape index (κ1) is 13.0. The molecule has 0 aromatic rings. The molecule has 0 atom stereocenters. The van der Waals surface area contributed by atoms with Crippen molar-refractivity contribution in [1.29, 1.82) is 0 Å². The summed E-state index contributed by atoms with van der Waals surface area (Å²) in [5, 5.41) is 0. The second kappa shape index (κ2) is 5.89. The van der Waals surface area contributed by atoms with Gasteiger partial charge in [0.15, 0.2) is 0 Å². The predicted molar refractivity (Wildman–Crippen MR) is 59.9 cm³/mol. The highest BCUT2D eigenvalue weighted by Crippen LogP contribution is 2.49. The van der Waals surface area contributed by atoms with Crippen LogP contribution in [0.4, 0.5) is 0 Å². The summed E-state index contributed by atoms with van der Waals surface area (Å²) in [5.74, 6) is 1.03. The molecule has 5 nitrogen and oxygen atoms in total. The summed E-state index contributed by atoms with van der Waals surface area (Å²) in [6.45, 7) is 4.16. The summed E-state index contributed by atoms with van der Waals surface area (Å²) in [7, 11) is -3.11. The molecule has 0 saturated carbocycles. The summed E-state index contributed by atoms with van der Waals surface area (Å²) in [6.07, 6.45) is 0.0700. The Morgan fingerprint density at radius 3 is 2.40 bits per heavy atom. The summed E-state index contributed by atoms with van der Waals surface area (Å²) >= 11 is 1.51. The van der Waals surface area contributed by atoms with Crippen LogP contribution in [-0.2, 0) is 18.4 Å². The van der Waals surface area contributed by atoms with Crippen LogP contribution in [0.25, 0.3) is 0 Å². The van der Waals surface area contributed by atoms with E-state index in [9.17, 15) is 9.36 Å². The number of hydrogen-bond acceptors (Lipinski definition) is 5. The fraction of sp³-hybridized carbons (Fsp3) is 0.875. The Bertz CT molecular complexity index is 263. The van der Waals surface area contributed by atoms with Crippen molar-refractivity contribution in [3.63, 3.8) is 0 Å². The van der Waals surface area contributed by atoms with E-state index < -0.39 is 7.60 Å². The molecule has 0 aromatic carbocycles. The third-order valence-electron chi connectivity index (χ3n) is 1.82. The Hall–Kier alpha value is -0.0300. The normalized spacial score (nSPS) is 17.5. The van der Waals surface area contributed by atoms with Crippen LogP contribution in [0.1, 0.15) is 13.8 Å². The quantitative estimate of drug-likeness (QED) is 0.675. The fourth-order valence-electron chi connectivity index (χ4n) is 1.25. The average molecular weight is 253 g/mol. The first-order valence-electron chi connectivity index (χ1n) is 4.85. The van der Waals surface area contributed by atoms with Crippen LogP contribution in [0.2, 0.25) is 0 Å². The van der Waals surface area contributed by atoms with E-state index in [2.05, 4.69) is 0 Å². The summed E-state index contributed by atoms with van der Waals surface area (Å²) < 4.78 is 22.3. The van der Waals surface area contributed by atoms with Crippen LogP contribution >= 0.6 is 19.4 Å². The predicted octanol–water partition coefficient (Wildman–Crippen LogP) is 1.74. The fourth-order valence-corrected chi connectivity index (χ4v) is 3.99. The molecule has 0 unspecified atom stereocenters. The van der Waals surface area contributed by atoms with Crippen molar-refractivity contribution < 1.29 is 18.4 Å². The van der Waals surface area contributed by atoms with Gasteiger partial charge in [-0.2, -0.15) is 0 Å². The summed E-state index contributed by atoms with van der Waals surface area (Å²) in [5.41, 5.74) is 0. The minimum Gasteiger partial charge on any atom is -0.321 e. The Morgan fingerprint density at radius 1 is 1.40 bits per heavy atom. The van der Waals surface area contributed by atoms with E-state index in [-0.39, 0.29) is 12.2 Å². The molecule has 0 radical (unpaired) electrons. The maximum atomic E-state index is 12.1. The molecule has 7 heteroatoms. The van der Waals surface area contributed by atoms with Gasteiger partial charge in [0.2, 0.25) is 5.91 Å². The molecule has 0 N–H and O–H groups in total. The molecule has 1 aliphatic heterocycles. The van der Waals surface area contributed by atoms with Gasteiger partial charge in [-0.05, 0) is 13.8 Å². The van der Waals surface area contributed by atoms with Gasteiger partial charge in [0.05, 0.1) is 24.8 Å². The van der Waals surface area contributed by atoms with Crippen LogP contribution in [0, 0.1) is 0 Å². The van der Waals surface area contributed by atoms with Crippen LogP contribution < -0.4 is 0 Å². The van der Waals surface area contributed by atoms with Gasteiger partial charge in [0, 0.05) is 0 Å². The van der Waals surface area contributed by atoms with E-state index in [4.69, 9.17) is 9.05 Å². The number of nitrogens with zero attached hydrogens (tertiary/aromatic N) is 1. The highest BCUT2D eigenvalue weighted by molar-refractivity contribution is 8.00. The maximum absolute atomic E-state index is 12.1. The lowest BCUT2D eigenvalue weighted by Crippen LogP contribution is -2.27. The molecule has 1 rings (SSSR count).